The quantitative estimate of drug-likeness (QED) is 0.911. The molecule has 2 nitrogen and oxygen atoms in total. The Bertz CT molecular complexity index is 675. The maximum Gasteiger partial charge on any atom is 0.122 e. The number of hydrogen-bond acceptors (Lipinski definition) is 2. The topological polar surface area (TPSA) is 29.5 Å². The smallest absolute Gasteiger partial charge is 0.122 e. The molecule has 2 aliphatic rings. The molecule has 1 aliphatic heterocycles. The van der Waals surface area contributed by atoms with Gasteiger partial charge in [0.15, 0.2) is 0 Å². The molecule has 2 aromatic carbocycles. The van der Waals surface area contributed by atoms with Crippen molar-refractivity contribution in [2.75, 3.05) is 6.61 Å². The van der Waals surface area contributed by atoms with Gasteiger partial charge in [-0.15, -0.1) is 0 Å². The van der Waals surface area contributed by atoms with Gasteiger partial charge in [-0.25, -0.2) is 0 Å². The molecule has 1 unspecified atom stereocenters. The number of hydrogen-bond donors (Lipinski definition) is 1. The molecule has 1 aliphatic carbocycles. The van der Waals surface area contributed by atoms with Gasteiger partial charge in [0.2, 0.25) is 0 Å². The monoisotopic (exact) mass is 280 g/mol. The highest BCUT2D eigenvalue weighted by Gasteiger charge is 2.18. The van der Waals surface area contributed by atoms with Gasteiger partial charge in [0.05, 0.1) is 6.61 Å². The lowest BCUT2D eigenvalue weighted by atomic mass is 9.88. The fraction of sp³-hybridized carbons (Fsp3) is 0.368. The van der Waals surface area contributed by atoms with Gasteiger partial charge in [-0.2, -0.15) is 0 Å². The van der Waals surface area contributed by atoms with Gasteiger partial charge in [-0.1, -0.05) is 24.3 Å². The van der Waals surface area contributed by atoms with Crippen LogP contribution in [0.4, 0.5) is 0 Å². The summed E-state index contributed by atoms with van der Waals surface area (Å²) < 4.78 is 5.53. The molecule has 0 radical (unpaired) electrons. The third-order valence-electron chi connectivity index (χ3n) is 4.72. The summed E-state index contributed by atoms with van der Waals surface area (Å²) in [6.45, 7) is 0.758. The molecular weight excluding hydrogens is 260 g/mol. The summed E-state index contributed by atoms with van der Waals surface area (Å²) in [5.41, 5.74) is 6.07. The van der Waals surface area contributed by atoms with Gasteiger partial charge >= 0.3 is 0 Å². The second kappa shape index (κ2) is 5.19. The number of benzene rings is 2. The maximum absolute atomic E-state index is 10.7. The third-order valence-corrected chi connectivity index (χ3v) is 4.72. The van der Waals surface area contributed by atoms with Crippen LogP contribution in [0, 0.1) is 0 Å². The molecule has 2 heteroatoms. The number of ether oxygens (including phenoxy) is 1. The van der Waals surface area contributed by atoms with Crippen LogP contribution in [0.3, 0.4) is 0 Å². The van der Waals surface area contributed by atoms with Crippen molar-refractivity contribution >= 4 is 0 Å². The van der Waals surface area contributed by atoms with E-state index in [2.05, 4.69) is 24.3 Å². The van der Waals surface area contributed by atoms with E-state index in [1.807, 2.05) is 12.1 Å². The van der Waals surface area contributed by atoms with Crippen LogP contribution in [-0.4, -0.2) is 11.7 Å². The van der Waals surface area contributed by atoms with Crippen LogP contribution in [0.25, 0.3) is 0 Å². The minimum Gasteiger partial charge on any atom is -0.493 e. The fourth-order valence-corrected chi connectivity index (χ4v) is 3.49. The van der Waals surface area contributed by atoms with E-state index in [1.54, 1.807) is 0 Å². The van der Waals surface area contributed by atoms with Gasteiger partial charge in [-0.3, -0.25) is 0 Å². The Kier molecular flexibility index (Phi) is 3.19. The number of aliphatic hydroxyl groups is 1. The van der Waals surface area contributed by atoms with Gasteiger partial charge < -0.3 is 9.84 Å². The maximum atomic E-state index is 10.7. The fourth-order valence-electron chi connectivity index (χ4n) is 3.49. The Morgan fingerprint density at radius 1 is 0.810 bits per heavy atom. The van der Waals surface area contributed by atoms with Crippen molar-refractivity contribution in [2.45, 2.75) is 38.2 Å². The SMILES string of the molecule is OC(c1ccc2c(c1)CCCC2)c1ccc2c(c1)CCO2. The summed E-state index contributed by atoms with van der Waals surface area (Å²) in [6, 6.07) is 12.5. The zero-order valence-electron chi connectivity index (χ0n) is 12.1. The first kappa shape index (κ1) is 12.9. The Balaban J connectivity index is 1.66. The van der Waals surface area contributed by atoms with E-state index in [0.29, 0.717) is 0 Å². The predicted octanol–water partition coefficient (Wildman–Crippen LogP) is 3.58. The van der Waals surface area contributed by atoms with Crippen LogP contribution in [0.1, 0.15) is 46.8 Å². The summed E-state index contributed by atoms with van der Waals surface area (Å²) in [5.74, 6) is 0.969. The van der Waals surface area contributed by atoms with E-state index in [4.69, 9.17) is 4.74 Å². The van der Waals surface area contributed by atoms with Crippen LogP contribution in [0.5, 0.6) is 5.75 Å². The first-order chi connectivity index (χ1) is 10.3. The standard InChI is InChI=1S/C19H20O2/c20-19(17-7-8-18-15(12-17)9-10-21-18)16-6-5-13-3-1-2-4-14(13)11-16/h5-8,11-12,19-20H,1-4,9-10H2. The van der Waals surface area contributed by atoms with Gasteiger partial charge in [0.1, 0.15) is 11.9 Å². The molecule has 0 aromatic heterocycles. The average molecular weight is 280 g/mol. The van der Waals surface area contributed by atoms with E-state index < -0.39 is 6.10 Å². The lowest BCUT2D eigenvalue weighted by Crippen LogP contribution is -2.06. The molecule has 1 atom stereocenters. The molecule has 2 aromatic rings. The van der Waals surface area contributed by atoms with Gasteiger partial charge in [0.25, 0.3) is 0 Å². The molecule has 0 spiro atoms. The minimum absolute atomic E-state index is 0.539. The second-order valence-corrected chi connectivity index (χ2v) is 6.10. The Morgan fingerprint density at radius 2 is 1.52 bits per heavy atom. The van der Waals surface area contributed by atoms with Crippen molar-refractivity contribution in [3.05, 3.63) is 64.2 Å². The van der Waals surface area contributed by atoms with Crippen molar-refractivity contribution in [2.24, 2.45) is 0 Å². The lowest BCUT2D eigenvalue weighted by Gasteiger charge is -2.19. The van der Waals surface area contributed by atoms with Crippen LogP contribution in [0.2, 0.25) is 0 Å². The number of rotatable bonds is 2. The van der Waals surface area contributed by atoms with Crippen LogP contribution in [0.15, 0.2) is 36.4 Å². The minimum atomic E-state index is -0.539. The molecule has 4 rings (SSSR count). The molecule has 0 amide bonds. The summed E-state index contributed by atoms with van der Waals surface area (Å²) in [6.07, 6.45) is 5.29. The van der Waals surface area contributed by atoms with E-state index in [1.165, 1.54) is 36.0 Å². The zero-order valence-corrected chi connectivity index (χ0v) is 12.1. The average Bonchev–Trinajstić information content (AvgIpc) is 3.01. The normalized spacial score (nSPS) is 17.8. The van der Waals surface area contributed by atoms with Crippen molar-refractivity contribution in [3.63, 3.8) is 0 Å². The highest BCUT2D eigenvalue weighted by Crippen LogP contribution is 2.32. The molecule has 0 fully saturated rings. The summed E-state index contributed by atoms with van der Waals surface area (Å²) in [7, 11) is 0. The van der Waals surface area contributed by atoms with Gasteiger partial charge in [-0.05, 0) is 65.6 Å². The first-order valence-corrected chi connectivity index (χ1v) is 7.87. The predicted molar refractivity (Wildman–Crippen MR) is 82.8 cm³/mol. The summed E-state index contributed by atoms with van der Waals surface area (Å²) in [5, 5.41) is 10.7. The number of aliphatic hydroxyl groups excluding tert-OH is 1. The van der Waals surface area contributed by atoms with Crippen LogP contribution < -0.4 is 4.74 Å². The molecular formula is C19H20O2. The van der Waals surface area contributed by atoms with E-state index >= 15 is 0 Å². The van der Waals surface area contributed by atoms with Gasteiger partial charge in [0, 0.05) is 6.42 Å². The molecule has 0 bridgehead atoms. The van der Waals surface area contributed by atoms with E-state index in [-0.39, 0.29) is 0 Å². The van der Waals surface area contributed by atoms with Crippen LogP contribution in [-0.2, 0) is 19.3 Å². The highest BCUT2D eigenvalue weighted by molar-refractivity contribution is 5.44. The Labute approximate surface area is 125 Å². The van der Waals surface area contributed by atoms with Crippen molar-refractivity contribution in [3.8, 4) is 5.75 Å². The second-order valence-electron chi connectivity index (χ2n) is 6.10. The molecule has 1 heterocycles. The highest BCUT2D eigenvalue weighted by atomic mass is 16.5. The molecule has 0 saturated carbocycles. The molecule has 0 saturated heterocycles. The zero-order chi connectivity index (χ0) is 14.2. The summed E-state index contributed by atoms with van der Waals surface area (Å²) >= 11 is 0. The number of fused-ring (bicyclic) bond motifs is 2. The van der Waals surface area contributed by atoms with E-state index in [0.717, 1.165) is 36.3 Å². The first-order valence-electron chi connectivity index (χ1n) is 7.87. The Hall–Kier alpha value is -1.80. The molecule has 21 heavy (non-hydrogen) atoms. The van der Waals surface area contributed by atoms with Crippen molar-refractivity contribution in [1.29, 1.82) is 0 Å². The third kappa shape index (κ3) is 2.34. The largest absolute Gasteiger partial charge is 0.493 e. The molecule has 108 valence electrons. The molecule has 1 N–H and O–H groups in total. The van der Waals surface area contributed by atoms with Crippen molar-refractivity contribution in [1.82, 2.24) is 0 Å². The lowest BCUT2D eigenvalue weighted by molar-refractivity contribution is 0.220. The Morgan fingerprint density at radius 3 is 2.38 bits per heavy atom. The van der Waals surface area contributed by atoms with Crippen molar-refractivity contribution < 1.29 is 9.84 Å². The van der Waals surface area contributed by atoms with Crippen LogP contribution >= 0.6 is 0 Å². The summed E-state index contributed by atoms with van der Waals surface area (Å²) in [4.78, 5) is 0. The van der Waals surface area contributed by atoms with E-state index in [9.17, 15) is 5.11 Å². The number of aryl methyl sites for hydroxylation is 2.